The first kappa shape index (κ1) is 24.1. The lowest BCUT2D eigenvalue weighted by Crippen LogP contribution is -2.31. The fourth-order valence-corrected chi connectivity index (χ4v) is 0.247. The first-order chi connectivity index (χ1) is 7.62. The van der Waals surface area contributed by atoms with Crippen LogP contribution in [0.25, 0.3) is 9.69 Å². The van der Waals surface area contributed by atoms with Crippen LogP contribution in [-0.2, 0) is 14.3 Å². The number of methoxy groups -OCH3 is 1. The van der Waals surface area contributed by atoms with E-state index in [0.717, 1.165) is 0 Å². The number of carbonyl (C=O) groups is 2. The molecule has 0 aliphatic rings. The number of esters is 1. The average molecular weight is 248 g/mol. The van der Waals surface area contributed by atoms with Crippen molar-refractivity contribution >= 4 is 11.9 Å². The molecule has 0 bridgehead atoms. The molecule has 0 unspecified atom stereocenters. The quantitative estimate of drug-likeness (QED) is 0.133. The molecular weight excluding hydrogens is 232 g/mol. The standard InChI is InChI=1S/C4H5NO2.C3H5N3O.H4N2.H2O/c1-5-3-4(6)7-2;1-5-2-3(7)6-4;1-2;/h3H2,2H3;2,4H2,(H,6,7);1-2H2;1H2. The highest BCUT2D eigenvalue weighted by atomic mass is 16.5. The van der Waals surface area contributed by atoms with Crippen molar-refractivity contribution in [1.82, 2.24) is 5.43 Å². The smallest absolute Gasteiger partial charge is 0.386 e. The number of amides is 1. The lowest BCUT2D eigenvalue weighted by molar-refractivity contribution is -0.138. The molecule has 17 heavy (non-hydrogen) atoms. The minimum absolute atomic E-state index is 0. The Hall–Kier alpha value is -2.24. The van der Waals surface area contributed by atoms with Gasteiger partial charge in [0.1, 0.15) is 0 Å². The third kappa shape index (κ3) is 31.6. The monoisotopic (exact) mass is 248 g/mol. The second kappa shape index (κ2) is 23.5. The van der Waals surface area contributed by atoms with E-state index in [2.05, 4.69) is 32.0 Å². The average Bonchev–Trinajstić information content (AvgIpc) is 2.33. The van der Waals surface area contributed by atoms with Crippen molar-refractivity contribution < 1.29 is 19.8 Å². The van der Waals surface area contributed by atoms with Crippen molar-refractivity contribution in [2.75, 3.05) is 20.2 Å². The van der Waals surface area contributed by atoms with Gasteiger partial charge in [-0.15, -0.1) is 0 Å². The van der Waals surface area contributed by atoms with E-state index in [1.807, 2.05) is 5.43 Å². The molecule has 0 aromatic heterocycles. The number of nitrogens with one attached hydrogen (secondary N) is 1. The summed E-state index contributed by atoms with van der Waals surface area (Å²) >= 11 is 0. The Kier molecular flexibility index (Phi) is 33.4. The Balaban J connectivity index is -0.0000000823. The molecule has 0 saturated carbocycles. The van der Waals surface area contributed by atoms with E-state index in [0.29, 0.717) is 0 Å². The van der Waals surface area contributed by atoms with Crippen molar-refractivity contribution in [3.8, 4) is 0 Å². The summed E-state index contributed by atoms with van der Waals surface area (Å²) in [6.07, 6.45) is 0. The molecule has 9 N–H and O–H groups in total. The van der Waals surface area contributed by atoms with Crippen LogP contribution < -0.4 is 23.0 Å². The summed E-state index contributed by atoms with van der Waals surface area (Å²) in [5.74, 6) is 11.7. The van der Waals surface area contributed by atoms with Gasteiger partial charge in [-0.25, -0.2) is 23.8 Å². The fraction of sp³-hybridized carbons (Fsp3) is 0.429. The predicted octanol–water partition coefficient (Wildman–Crippen LogP) is -3.03. The van der Waals surface area contributed by atoms with Gasteiger partial charge in [-0.3, -0.25) is 21.9 Å². The van der Waals surface area contributed by atoms with Gasteiger partial charge in [-0.2, -0.15) is 0 Å². The Morgan fingerprint density at radius 2 is 1.65 bits per heavy atom. The molecule has 10 heteroatoms. The SMILES string of the molecule is NN.O.[C-]#[N+]CC(=O)NN.[C-]#[N+]CC(=O)OC. The number of nitrogens with zero attached hydrogens (tertiary/aromatic N) is 2. The van der Waals surface area contributed by atoms with E-state index in [1.54, 1.807) is 0 Å². The first-order valence-electron chi connectivity index (χ1n) is 3.68. The molecule has 0 aliphatic heterocycles. The highest BCUT2D eigenvalue weighted by molar-refractivity contribution is 5.78. The molecule has 0 heterocycles. The maximum Gasteiger partial charge on any atom is 0.386 e. The van der Waals surface area contributed by atoms with E-state index in [9.17, 15) is 9.59 Å². The molecule has 0 aromatic rings. The molecule has 0 spiro atoms. The molecule has 0 rings (SSSR count). The summed E-state index contributed by atoms with van der Waals surface area (Å²) in [6.45, 7) is 12.0. The predicted molar refractivity (Wildman–Crippen MR) is 59.3 cm³/mol. The van der Waals surface area contributed by atoms with E-state index in [4.69, 9.17) is 13.1 Å². The number of hydrazine groups is 2. The topological polar surface area (TPSA) is 174 Å². The highest BCUT2D eigenvalue weighted by Gasteiger charge is 1.98. The Bertz CT molecular complexity index is 241. The van der Waals surface area contributed by atoms with Crippen LogP contribution in [0.15, 0.2) is 0 Å². The Morgan fingerprint density at radius 3 is 1.76 bits per heavy atom. The zero-order chi connectivity index (χ0) is 13.4. The number of rotatable bonds is 2. The fourth-order valence-electron chi connectivity index (χ4n) is 0.247. The Labute approximate surface area is 98.6 Å². The van der Waals surface area contributed by atoms with Crippen molar-refractivity contribution in [2.24, 2.45) is 17.5 Å². The molecule has 0 atom stereocenters. The summed E-state index contributed by atoms with van der Waals surface area (Å²) in [5, 5.41) is 0. The maximum atomic E-state index is 9.98. The van der Waals surface area contributed by atoms with Crippen LogP contribution >= 0.6 is 0 Å². The summed E-state index contributed by atoms with van der Waals surface area (Å²) in [4.78, 5) is 25.5. The zero-order valence-corrected chi connectivity index (χ0v) is 9.27. The van der Waals surface area contributed by atoms with Gasteiger partial charge in [0, 0.05) is 0 Å². The van der Waals surface area contributed by atoms with Crippen LogP contribution in [0.3, 0.4) is 0 Å². The van der Waals surface area contributed by atoms with Gasteiger partial charge in [0.05, 0.1) is 7.11 Å². The summed E-state index contributed by atoms with van der Waals surface area (Å²) in [6, 6.07) is 0. The van der Waals surface area contributed by atoms with Gasteiger partial charge < -0.3 is 19.9 Å². The molecule has 0 saturated heterocycles. The van der Waals surface area contributed by atoms with E-state index in [-0.39, 0.29) is 18.6 Å². The second-order valence-corrected chi connectivity index (χ2v) is 1.78. The number of nitrogens with two attached hydrogens (primary N) is 3. The molecule has 0 aliphatic carbocycles. The van der Waals surface area contributed by atoms with Gasteiger partial charge in [-0.05, 0) is 0 Å². The maximum absolute atomic E-state index is 9.98. The van der Waals surface area contributed by atoms with Crippen molar-refractivity contribution in [1.29, 1.82) is 0 Å². The molecule has 98 valence electrons. The van der Waals surface area contributed by atoms with Crippen LogP contribution in [0.5, 0.6) is 0 Å². The molecule has 10 nitrogen and oxygen atoms in total. The number of ether oxygens (including phenoxy) is 1. The summed E-state index contributed by atoms with van der Waals surface area (Å²) in [5.41, 5.74) is 1.81. The van der Waals surface area contributed by atoms with E-state index >= 15 is 0 Å². The first-order valence-corrected chi connectivity index (χ1v) is 3.68. The van der Waals surface area contributed by atoms with E-state index < -0.39 is 11.9 Å². The number of carbonyl (C=O) groups excluding carboxylic acids is 2. The third-order valence-corrected chi connectivity index (χ3v) is 0.819. The highest BCUT2D eigenvalue weighted by Crippen LogP contribution is 1.71. The number of hydrogen-bond acceptors (Lipinski definition) is 6. The van der Waals surface area contributed by atoms with E-state index in [1.165, 1.54) is 7.11 Å². The lowest BCUT2D eigenvalue weighted by atomic mass is 10.6. The largest absolute Gasteiger partial charge is 0.464 e. The van der Waals surface area contributed by atoms with Crippen LogP contribution in [0.1, 0.15) is 0 Å². The van der Waals surface area contributed by atoms with Gasteiger partial charge in [0.2, 0.25) is 0 Å². The van der Waals surface area contributed by atoms with Gasteiger partial charge in [0.15, 0.2) is 0 Å². The molecule has 0 radical (unpaired) electrons. The van der Waals surface area contributed by atoms with Crippen LogP contribution in [0.2, 0.25) is 0 Å². The molecular formula is C7H16N6O4. The van der Waals surface area contributed by atoms with Crippen molar-refractivity contribution in [3.63, 3.8) is 0 Å². The molecule has 1 amide bonds. The normalized spacial score (nSPS) is 6.00. The zero-order valence-electron chi connectivity index (χ0n) is 9.27. The van der Waals surface area contributed by atoms with Crippen LogP contribution in [0, 0.1) is 13.1 Å². The third-order valence-electron chi connectivity index (χ3n) is 0.819. The van der Waals surface area contributed by atoms with Crippen molar-refractivity contribution in [3.05, 3.63) is 22.8 Å². The second-order valence-electron chi connectivity index (χ2n) is 1.78. The molecule has 0 fully saturated rings. The summed E-state index contributed by atoms with van der Waals surface area (Å²) in [7, 11) is 1.26. The van der Waals surface area contributed by atoms with Crippen LogP contribution in [-0.4, -0.2) is 37.6 Å². The minimum atomic E-state index is -0.477. The lowest BCUT2D eigenvalue weighted by Gasteiger charge is -1.83. The van der Waals surface area contributed by atoms with Crippen molar-refractivity contribution in [2.45, 2.75) is 0 Å². The van der Waals surface area contributed by atoms with Gasteiger partial charge >= 0.3 is 18.4 Å². The van der Waals surface area contributed by atoms with Crippen LogP contribution in [0.4, 0.5) is 0 Å². The number of hydrogen-bond donors (Lipinski definition) is 4. The minimum Gasteiger partial charge on any atom is -0.464 e. The van der Waals surface area contributed by atoms with Gasteiger partial charge in [-0.1, -0.05) is 0 Å². The summed E-state index contributed by atoms with van der Waals surface area (Å²) < 4.78 is 4.14. The molecule has 0 aromatic carbocycles. The van der Waals surface area contributed by atoms with Gasteiger partial charge in [0.25, 0.3) is 6.54 Å². The Morgan fingerprint density at radius 1 is 1.24 bits per heavy atom.